The van der Waals surface area contributed by atoms with Gasteiger partial charge in [0.05, 0.1) is 28.8 Å². The monoisotopic (exact) mass is 580 g/mol. The topological polar surface area (TPSA) is 149 Å². The Labute approximate surface area is 251 Å². The quantitative estimate of drug-likeness (QED) is 0.269. The molecule has 2 aliphatic rings. The molecule has 1 fully saturated rings. The molecule has 0 unspecified atom stereocenters. The second-order valence-electron chi connectivity index (χ2n) is 10.5. The van der Waals surface area contributed by atoms with Crippen molar-refractivity contribution in [3.63, 3.8) is 0 Å². The Kier molecular flexibility index (Phi) is 6.21. The third-order valence-electron chi connectivity index (χ3n) is 7.42. The molecule has 214 valence electrons. The molecular weight excluding hydrogens is 556 g/mol. The number of carbonyl (C=O) groups excluding carboxylic acids is 1. The van der Waals surface area contributed by atoms with Crippen LogP contribution in [0.4, 0.5) is 11.7 Å². The molecule has 5 heterocycles. The lowest BCUT2D eigenvalue weighted by Gasteiger charge is -2.11. The van der Waals surface area contributed by atoms with E-state index in [1.54, 1.807) is 35.7 Å². The van der Waals surface area contributed by atoms with E-state index < -0.39 is 6.17 Å². The number of carbonyl (C=O) groups is 1. The summed E-state index contributed by atoms with van der Waals surface area (Å²) in [5.74, 6) is 1.11. The van der Waals surface area contributed by atoms with Gasteiger partial charge in [-0.25, -0.2) is 19.6 Å². The zero-order valence-electron chi connectivity index (χ0n) is 23.2. The van der Waals surface area contributed by atoms with Gasteiger partial charge in [-0.3, -0.25) is 9.78 Å². The number of aliphatic imine (C=N–C) groups is 1. The maximum Gasteiger partial charge on any atom is 0.317 e. The fraction of sp³-hybridized carbons (Fsp3) is 0.125. The van der Waals surface area contributed by atoms with Crippen molar-refractivity contribution in [2.45, 2.75) is 24.9 Å². The molecule has 4 aromatic heterocycles. The summed E-state index contributed by atoms with van der Waals surface area (Å²) in [6.45, 7) is 0. The van der Waals surface area contributed by atoms with Crippen molar-refractivity contribution < 1.29 is 9.21 Å². The predicted octanol–water partition coefficient (Wildman–Crippen LogP) is 4.88. The van der Waals surface area contributed by atoms with Gasteiger partial charge in [0.2, 0.25) is 6.17 Å². The number of aromatic nitrogens is 7. The van der Waals surface area contributed by atoms with E-state index in [1.165, 1.54) is 0 Å². The molecule has 1 aliphatic heterocycles. The first-order valence-electron chi connectivity index (χ1n) is 14.2. The lowest BCUT2D eigenvalue weighted by molar-refractivity contribution is -0.116. The summed E-state index contributed by atoms with van der Waals surface area (Å²) in [6.07, 6.45) is 9.92. The number of benzodiazepines with no additional fused rings is 1. The first-order chi connectivity index (χ1) is 21.7. The van der Waals surface area contributed by atoms with Gasteiger partial charge in [0.25, 0.3) is 11.8 Å². The Morgan fingerprint density at radius 3 is 2.48 bits per heavy atom. The van der Waals surface area contributed by atoms with Gasteiger partial charge in [-0.2, -0.15) is 5.10 Å². The van der Waals surface area contributed by atoms with Gasteiger partial charge in [-0.1, -0.05) is 53.6 Å². The fourth-order valence-electron chi connectivity index (χ4n) is 5.07. The van der Waals surface area contributed by atoms with E-state index in [0.717, 1.165) is 35.5 Å². The van der Waals surface area contributed by atoms with Gasteiger partial charge in [-0.15, -0.1) is 5.10 Å². The summed E-state index contributed by atoms with van der Waals surface area (Å²) in [5.41, 5.74) is 5.61. The van der Waals surface area contributed by atoms with Crippen LogP contribution in [0.1, 0.15) is 35.7 Å². The molecule has 0 saturated heterocycles. The third-order valence-corrected chi connectivity index (χ3v) is 7.42. The van der Waals surface area contributed by atoms with Crippen LogP contribution in [0.3, 0.4) is 0 Å². The molecule has 1 saturated carbocycles. The van der Waals surface area contributed by atoms with Crippen LogP contribution >= 0.6 is 0 Å². The van der Waals surface area contributed by atoms with Crippen LogP contribution in [0.15, 0.2) is 107 Å². The zero-order chi connectivity index (χ0) is 29.5. The first-order valence-corrected chi connectivity index (χ1v) is 14.2. The van der Waals surface area contributed by atoms with E-state index in [4.69, 9.17) is 14.5 Å². The minimum Gasteiger partial charge on any atom is -0.403 e. The highest BCUT2D eigenvalue weighted by Gasteiger charge is 2.29. The molecule has 8 rings (SSSR count). The van der Waals surface area contributed by atoms with Crippen LogP contribution < -0.4 is 10.6 Å². The summed E-state index contributed by atoms with van der Waals surface area (Å²) in [7, 11) is 0. The number of rotatable bonds is 7. The predicted molar refractivity (Wildman–Crippen MR) is 162 cm³/mol. The molecule has 2 aromatic carbocycles. The summed E-state index contributed by atoms with van der Waals surface area (Å²) in [5, 5.41) is 19.3. The number of hydrogen-bond donors (Lipinski definition) is 2. The minimum absolute atomic E-state index is 0.0303. The van der Waals surface area contributed by atoms with Crippen molar-refractivity contribution in [3.8, 4) is 28.4 Å². The standard InChI is InChI=1S/C32H24N10O2/c43-30-29(37-26(19-7-2-1-3-8-19)23-10-4-5-11-25(23)36-30)38-32-40-39-31(44-32)24-18-42(22-9-6-14-33-17-22)41-27(24)21-15-34-28(35-16-21)20-12-13-20/h1-11,14-18,20,29H,12-13H2,(H,36,43)(H,38,40)/t29-/m1/s1. The van der Waals surface area contributed by atoms with Crippen molar-refractivity contribution in [1.82, 2.24) is 34.9 Å². The highest BCUT2D eigenvalue weighted by Crippen LogP contribution is 2.38. The Balaban J connectivity index is 1.15. The van der Waals surface area contributed by atoms with Crippen molar-refractivity contribution in [2.24, 2.45) is 4.99 Å². The van der Waals surface area contributed by atoms with Gasteiger partial charge >= 0.3 is 6.01 Å². The molecule has 44 heavy (non-hydrogen) atoms. The molecule has 1 atom stereocenters. The number of para-hydroxylation sites is 1. The smallest absolute Gasteiger partial charge is 0.317 e. The fourth-order valence-corrected chi connectivity index (χ4v) is 5.07. The maximum absolute atomic E-state index is 13.3. The van der Waals surface area contributed by atoms with Gasteiger partial charge in [0, 0.05) is 47.4 Å². The first kappa shape index (κ1) is 25.7. The molecule has 2 N–H and O–H groups in total. The molecule has 1 amide bonds. The number of anilines is 2. The highest BCUT2D eigenvalue weighted by molar-refractivity contribution is 6.19. The molecule has 1 aliphatic carbocycles. The lowest BCUT2D eigenvalue weighted by atomic mass is 10.0. The maximum atomic E-state index is 13.3. The molecule has 0 radical (unpaired) electrons. The Morgan fingerprint density at radius 1 is 0.864 bits per heavy atom. The number of nitrogens with zero attached hydrogens (tertiary/aromatic N) is 8. The van der Waals surface area contributed by atoms with Gasteiger partial charge in [0.1, 0.15) is 11.5 Å². The van der Waals surface area contributed by atoms with E-state index in [2.05, 4.69) is 35.8 Å². The van der Waals surface area contributed by atoms with E-state index in [-0.39, 0.29) is 17.8 Å². The van der Waals surface area contributed by atoms with Crippen LogP contribution in [-0.4, -0.2) is 52.7 Å². The second-order valence-corrected chi connectivity index (χ2v) is 10.5. The normalized spacial score (nSPS) is 16.0. The van der Waals surface area contributed by atoms with Crippen molar-refractivity contribution >= 4 is 23.3 Å². The van der Waals surface area contributed by atoms with Crippen molar-refractivity contribution in [2.75, 3.05) is 10.6 Å². The van der Waals surface area contributed by atoms with E-state index in [9.17, 15) is 4.79 Å². The third kappa shape index (κ3) is 4.87. The molecule has 0 spiro atoms. The molecule has 0 bridgehead atoms. The number of amides is 1. The second kappa shape index (κ2) is 10.7. The van der Waals surface area contributed by atoms with E-state index >= 15 is 0 Å². The molecule has 12 heteroatoms. The van der Waals surface area contributed by atoms with Crippen LogP contribution in [0.5, 0.6) is 0 Å². The van der Waals surface area contributed by atoms with Gasteiger partial charge < -0.3 is 15.1 Å². The van der Waals surface area contributed by atoms with Crippen LogP contribution in [0.2, 0.25) is 0 Å². The van der Waals surface area contributed by atoms with Crippen LogP contribution in [-0.2, 0) is 4.79 Å². The minimum atomic E-state index is -1.04. The Morgan fingerprint density at radius 2 is 1.68 bits per heavy atom. The average Bonchev–Trinajstić information content (AvgIpc) is 3.70. The number of hydrogen-bond acceptors (Lipinski definition) is 10. The number of nitrogens with one attached hydrogen (secondary N) is 2. The van der Waals surface area contributed by atoms with E-state index in [0.29, 0.717) is 34.1 Å². The number of fused-ring (bicyclic) bond motifs is 1. The van der Waals surface area contributed by atoms with Gasteiger partial charge in [0.15, 0.2) is 0 Å². The number of benzene rings is 2. The van der Waals surface area contributed by atoms with Crippen molar-refractivity contribution in [1.29, 1.82) is 0 Å². The SMILES string of the molecule is O=C1Nc2ccccc2C(c2ccccc2)=N[C@@H]1Nc1nnc(-c2cn(-c3cccnc3)nc2-c2cnc(C3CC3)nc2)o1. The lowest BCUT2D eigenvalue weighted by Crippen LogP contribution is -2.32. The largest absolute Gasteiger partial charge is 0.403 e. The summed E-state index contributed by atoms with van der Waals surface area (Å²) in [6, 6.07) is 21.0. The van der Waals surface area contributed by atoms with Gasteiger partial charge in [-0.05, 0) is 31.0 Å². The molecule has 12 nitrogen and oxygen atoms in total. The molecule has 6 aromatic rings. The van der Waals surface area contributed by atoms with Crippen molar-refractivity contribution in [3.05, 3.63) is 115 Å². The van der Waals surface area contributed by atoms with E-state index in [1.807, 2.05) is 66.7 Å². The van der Waals surface area contributed by atoms with Crippen LogP contribution in [0, 0.1) is 0 Å². The Bertz CT molecular complexity index is 2000. The Hall–Kier alpha value is -6.04. The summed E-state index contributed by atoms with van der Waals surface area (Å²) < 4.78 is 7.76. The summed E-state index contributed by atoms with van der Waals surface area (Å²) >= 11 is 0. The zero-order valence-corrected chi connectivity index (χ0v) is 23.2. The highest BCUT2D eigenvalue weighted by atomic mass is 16.4. The average molecular weight is 581 g/mol. The van der Waals surface area contributed by atoms with Crippen LogP contribution in [0.25, 0.3) is 28.4 Å². The summed E-state index contributed by atoms with van der Waals surface area (Å²) in [4.78, 5) is 31.5. The molecular formula is C32H24N10O2. The number of pyridine rings is 1.